The number of hydrogen-bond donors (Lipinski definition) is 1. The van der Waals surface area contributed by atoms with E-state index >= 15 is 0 Å². The van der Waals surface area contributed by atoms with E-state index in [1.54, 1.807) is 0 Å². The van der Waals surface area contributed by atoms with Crippen molar-refractivity contribution in [2.45, 2.75) is 13.0 Å². The van der Waals surface area contributed by atoms with E-state index in [1.165, 1.54) is 0 Å². The SMILES string of the molecule is O=C(N/C(=N\Cc1cc(C2=C/Cc3ccccc3OC/C=C\2)cc(-c2ccc3oc4ccccc4c3c2)c1)c1ccccc1)c1cccc(-c2ccccc2)c1. The van der Waals surface area contributed by atoms with E-state index < -0.39 is 0 Å². The largest absolute Gasteiger partial charge is 0.489 e. The standard InChI is InChI=1S/C51H38N2O3/c54-51(42-19-11-18-40(31-42)36-13-3-1-4-14-36)53-50(39-16-5-2-6-17-39)52-34-35-29-43(37-20-12-28-55-47-22-9-7-15-38(47)25-24-37)32-44(30-35)41-26-27-49-46(33-41)45-21-8-10-23-48(45)56-49/h1-24,26-27,29-33H,25,28,34H2,(H,52,53,54)/b20-12-,37-24+. The number of benzene rings is 7. The lowest BCUT2D eigenvalue weighted by molar-refractivity contribution is 0.0977. The third-order valence-corrected chi connectivity index (χ3v) is 10.1. The Balaban J connectivity index is 1.11. The van der Waals surface area contributed by atoms with Crippen LogP contribution in [0.2, 0.25) is 0 Å². The van der Waals surface area contributed by atoms with Crippen LogP contribution in [-0.4, -0.2) is 18.3 Å². The number of para-hydroxylation sites is 2. The lowest BCUT2D eigenvalue weighted by Gasteiger charge is -2.13. The number of fused-ring (bicyclic) bond motifs is 4. The molecule has 1 aromatic heterocycles. The van der Waals surface area contributed by atoms with Gasteiger partial charge in [-0.25, -0.2) is 0 Å². The van der Waals surface area contributed by atoms with Crippen molar-refractivity contribution >= 4 is 39.3 Å². The van der Waals surface area contributed by atoms with Gasteiger partial charge in [0, 0.05) is 21.9 Å². The van der Waals surface area contributed by atoms with Crippen molar-refractivity contribution in [1.82, 2.24) is 5.32 Å². The van der Waals surface area contributed by atoms with E-state index in [0.29, 0.717) is 24.6 Å². The zero-order chi connectivity index (χ0) is 37.7. The molecule has 0 atom stereocenters. The summed E-state index contributed by atoms with van der Waals surface area (Å²) < 4.78 is 12.3. The van der Waals surface area contributed by atoms with E-state index in [9.17, 15) is 4.79 Å². The number of rotatable bonds is 7. The minimum absolute atomic E-state index is 0.219. The number of nitrogens with zero attached hydrogens (tertiary/aromatic N) is 1. The van der Waals surface area contributed by atoms with Gasteiger partial charge in [0.1, 0.15) is 29.4 Å². The van der Waals surface area contributed by atoms with Crippen LogP contribution in [0.1, 0.15) is 32.6 Å². The minimum Gasteiger partial charge on any atom is -0.489 e. The number of hydrogen-bond acceptors (Lipinski definition) is 4. The highest BCUT2D eigenvalue weighted by molar-refractivity contribution is 6.13. The molecular weight excluding hydrogens is 689 g/mol. The fraction of sp³-hybridized carbons (Fsp3) is 0.0588. The summed E-state index contributed by atoms with van der Waals surface area (Å²) >= 11 is 0. The van der Waals surface area contributed by atoms with E-state index in [0.717, 1.165) is 84.2 Å². The summed E-state index contributed by atoms with van der Waals surface area (Å²) in [5.74, 6) is 1.19. The highest BCUT2D eigenvalue weighted by atomic mass is 16.5. The number of carbonyl (C=O) groups is 1. The van der Waals surface area contributed by atoms with Crippen LogP contribution in [0.5, 0.6) is 5.75 Å². The van der Waals surface area contributed by atoms with Crippen molar-refractivity contribution in [2.24, 2.45) is 4.99 Å². The summed E-state index contributed by atoms with van der Waals surface area (Å²) in [4.78, 5) is 19.0. The summed E-state index contributed by atoms with van der Waals surface area (Å²) in [6.45, 7) is 0.818. The first-order chi connectivity index (χ1) is 27.6. The van der Waals surface area contributed by atoms with Crippen molar-refractivity contribution in [1.29, 1.82) is 0 Å². The Bertz CT molecular complexity index is 2790. The molecule has 0 spiro atoms. The lowest BCUT2D eigenvalue weighted by Crippen LogP contribution is -2.31. The molecule has 1 amide bonds. The third kappa shape index (κ3) is 7.43. The zero-order valence-corrected chi connectivity index (χ0v) is 30.7. The predicted octanol–water partition coefficient (Wildman–Crippen LogP) is 11.9. The Kier molecular flexibility index (Phi) is 9.63. The van der Waals surface area contributed by atoms with Gasteiger partial charge in [-0.3, -0.25) is 9.79 Å². The quantitative estimate of drug-likeness (QED) is 0.131. The summed E-state index contributed by atoms with van der Waals surface area (Å²) in [5.41, 5.74) is 11.6. The number of furan rings is 1. The molecule has 1 aliphatic rings. The van der Waals surface area contributed by atoms with Crippen molar-refractivity contribution in [3.63, 3.8) is 0 Å². The second-order valence-corrected chi connectivity index (χ2v) is 13.8. The number of nitrogens with one attached hydrogen (secondary N) is 1. The predicted molar refractivity (Wildman–Crippen MR) is 228 cm³/mol. The maximum atomic E-state index is 13.9. The highest BCUT2D eigenvalue weighted by Crippen LogP contribution is 2.34. The van der Waals surface area contributed by atoms with Crippen LogP contribution in [0, 0.1) is 0 Å². The van der Waals surface area contributed by atoms with Crippen LogP contribution in [0.4, 0.5) is 0 Å². The molecular formula is C51H38N2O3. The molecule has 5 nitrogen and oxygen atoms in total. The highest BCUT2D eigenvalue weighted by Gasteiger charge is 2.15. The lowest BCUT2D eigenvalue weighted by atomic mass is 9.94. The number of amidine groups is 1. The van der Waals surface area contributed by atoms with Gasteiger partial charge in [-0.15, -0.1) is 0 Å². The van der Waals surface area contributed by atoms with Crippen LogP contribution < -0.4 is 10.1 Å². The van der Waals surface area contributed by atoms with E-state index in [2.05, 4.69) is 78.1 Å². The van der Waals surface area contributed by atoms with Crippen LogP contribution in [0.25, 0.3) is 49.8 Å². The molecule has 1 N–H and O–H groups in total. The molecule has 0 saturated heterocycles. The van der Waals surface area contributed by atoms with Gasteiger partial charge in [-0.2, -0.15) is 0 Å². The monoisotopic (exact) mass is 726 g/mol. The van der Waals surface area contributed by atoms with Crippen molar-refractivity contribution in [2.75, 3.05) is 6.61 Å². The van der Waals surface area contributed by atoms with Gasteiger partial charge < -0.3 is 14.5 Å². The number of carbonyl (C=O) groups excluding carboxylic acids is 1. The molecule has 0 unspecified atom stereocenters. The summed E-state index contributed by atoms with van der Waals surface area (Å²) in [5, 5.41) is 5.31. The van der Waals surface area contributed by atoms with E-state index in [1.807, 2.05) is 115 Å². The molecule has 0 radical (unpaired) electrons. The van der Waals surface area contributed by atoms with Gasteiger partial charge in [0.2, 0.25) is 0 Å². The molecule has 1 aliphatic heterocycles. The van der Waals surface area contributed by atoms with Crippen LogP contribution in [-0.2, 0) is 13.0 Å². The Hall–Kier alpha value is -7.24. The minimum atomic E-state index is -0.219. The van der Waals surface area contributed by atoms with Crippen molar-refractivity contribution in [3.8, 4) is 28.0 Å². The zero-order valence-electron chi connectivity index (χ0n) is 30.7. The van der Waals surface area contributed by atoms with Gasteiger partial charge in [0.15, 0.2) is 0 Å². The second-order valence-electron chi connectivity index (χ2n) is 13.8. The van der Waals surface area contributed by atoms with Crippen LogP contribution >= 0.6 is 0 Å². The molecule has 8 aromatic rings. The third-order valence-electron chi connectivity index (χ3n) is 10.1. The van der Waals surface area contributed by atoms with Crippen molar-refractivity contribution in [3.05, 3.63) is 216 Å². The van der Waals surface area contributed by atoms with Crippen molar-refractivity contribution < 1.29 is 13.9 Å². The second kappa shape index (κ2) is 15.6. The van der Waals surface area contributed by atoms with E-state index in [4.69, 9.17) is 14.1 Å². The average molecular weight is 727 g/mol. The Labute approximate surface area is 325 Å². The fourth-order valence-corrected chi connectivity index (χ4v) is 7.27. The van der Waals surface area contributed by atoms with Gasteiger partial charge >= 0.3 is 0 Å². The normalized spacial score (nSPS) is 14.4. The number of aliphatic imine (C=N–C) groups is 1. The smallest absolute Gasteiger partial charge is 0.256 e. The summed E-state index contributed by atoms with van der Waals surface area (Å²) in [6, 6.07) is 57.0. The van der Waals surface area contributed by atoms with Gasteiger partial charge in [0.05, 0.1) is 6.54 Å². The summed E-state index contributed by atoms with van der Waals surface area (Å²) in [6.07, 6.45) is 7.21. The number of ether oxygens (including phenoxy) is 1. The summed E-state index contributed by atoms with van der Waals surface area (Å²) in [7, 11) is 0. The topological polar surface area (TPSA) is 63.8 Å². The Morgan fingerprint density at radius 1 is 0.589 bits per heavy atom. The van der Waals surface area contributed by atoms with Gasteiger partial charge in [-0.05, 0) is 112 Å². The first kappa shape index (κ1) is 34.5. The fourth-order valence-electron chi connectivity index (χ4n) is 7.27. The molecule has 0 bridgehead atoms. The maximum Gasteiger partial charge on any atom is 0.256 e. The molecule has 0 saturated carbocycles. The molecule has 2 heterocycles. The first-order valence-electron chi connectivity index (χ1n) is 18.8. The van der Waals surface area contributed by atoms with E-state index in [-0.39, 0.29) is 5.91 Å². The molecule has 56 heavy (non-hydrogen) atoms. The number of amides is 1. The van der Waals surface area contributed by atoms with Gasteiger partial charge in [-0.1, -0.05) is 127 Å². The maximum absolute atomic E-state index is 13.9. The number of allylic oxidation sites excluding steroid dienone is 3. The van der Waals surface area contributed by atoms with Crippen LogP contribution in [0.15, 0.2) is 197 Å². The average Bonchev–Trinajstić information content (AvgIpc) is 3.68. The Morgan fingerprint density at radius 2 is 1.30 bits per heavy atom. The first-order valence-corrected chi connectivity index (χ1v) is 18.8. The molecule has 5 heteroatoms. The molecule has 270 valence electrons. The molecule has 9 rings (SSSR count). The molecule has 0 aliphatic carbocycles. The van der Waals surface area contributed by atoms with Gasteiger partial charge in [0.25, 0.3) is 5.91 Å². The Morgan fingerprint density at radius 3 is 2.20 bits per heavy atom. The molecule has 7 aromatic carbocycles. The van der Waals surface area contributed by atoms with Crippen LogP contribution in [0.3, 0.4) is 0 Å². The molecule has 0 fully saturated rings.